The van der Waals surface area contributed by atoms with E-state index in [0.717, 1.165) is 5.56 Å². The number of aryl methyl sites for hydroxylation is 1. The Kier molecular flexibility index (Phi) is 4.58. The van der Waals surface area contributed by atoms with E-state index in [-0.39, 0.29) is 12.5 Å². The van der Waals surface area contributed by atoms with Crippen molar-refractivity contribution in [3.8, 4) is 0 Å². The fourth-order valence-electron chi connectivity index (χ4n) is 1.93. The van der Waals surface area contributed by atoms with Gasteiger partial charge in [-0.05, 0) is 31.0 Å². The van der Waals surface area contributed by atoms with Gasteiger partial charge < -0.3 is 14.8 Å². The smallest absolute Gasteiger partial charge is 0.220 e. The zero-order valence-electron chi connectivity index (χ0n) is 11.5. The molecule has 1 atom stereocenters. The molecule has 1 aromatic heterocycles. The maximum absolute atomic E-state index is 11.8. The Bertz CT molecular complexity index is 532. The summed E-state index contributed by atoms with van der Waals surface area (Å²) in [6, 6.07) is 13.2. The molecule has 4 nitrogen and oxygen atoms in total. The van der Waals surface area contributed by atoms with Crippen LogP contribution in [0.1, 0.15) is 24.7 Å². The maximum atomic E-state index is 11.8. The Labute approximate surface area is 118 Å². The second kappa shape index (κ2) is 6.39. The second-order valence-electron chi connectivity index (χ2n) is 5.01. The number of amides is 1. The van der Waals surface area contributed by atoms with Gasteiger partial charge in [-0.3, -0.25) is 4.79 Å². The summed E-state index contributed by atoms with van der Waals surface area (Å²) in [4.78, 5) is 11.8. The van der Waals surface area contributed by atoms with Gasteiger partial charge in [0.15, 0.2) is 0 Å². The summed E-state index contributed by atoms with van der Waals surface area (Å²) >= 11 is 0. The van der Waals surface area contributed by atoms with Crippen LogP contribution in [0, 0.1) is 0 Å². The molecule has 2 aromatic rings. The van der Waals surface area contributed by atoms with E-state index in [4.69, 9.17) is 4.42 Å². The molecule has 0 aliphatic heterocycles. The zero-order valence-corrected chi connectivity index (χ0v) is 11.5. The fraction of sp³-hybridized carbons (Fsp3) is 0.312. The Morgan fingerprint density at radius 2 is 2.00 bits per heavy atom. The molecule has 1 heterocycles. The molecular formula is C16H19NO3. The molecule has 2 N–H and O–H groups in total. The third kappa shape index (κ3) is 3.96. The number of benzene rings is 1. The lowest BCUT2D eigenvalue weighted by Gasteiger charge is -2.21. The summed E-state index contributed by atoms with van der Waals surface area (Å²) in [6.07, 6.45) is 2.59. The third-order valence-electron chi connectivity index (χ3n) is 3.17. The predicted molar refractivity (Wildman–Crippen MR) is 76.1 cm³/mol. The highest BCUT2D eigenvalue weighted by atomic mass is 16.4. The monoisotopic (exact) mass is 273 g/mol. The summed E-state index contributed by atoms with van der Waals surface area (Å²) in [7, 11) is 0. The van der Waals surface area contributed by atoms with Crippen molar-refractivity contribution in [3.63, 3.8) is 0 Å². The summed E-state index contributed by atoms with van der Waals surface area (Å²) in [6.45, 7) is 1.75. The molecule has 0 radical (unpaired) electrons. The van der Waals surface area contributed by atoms with Gasteiger partial charge in [0, 0.05) is 6.42 Å². The van der Waals surface area contributed by atoms with Crippen molar-refractivity contribution in [2.45, 2.75) is 25.4 Å². The van der Waals surface area contributed by atoms with Gasteiger partial charge in [0.05, 0.1) is 12.8 Å². The second-order valence-corrected chi connectivity index (χ2v) is 5.01. The van der Waals surface area contributed by atoms with E-state index in [1.54, 1.807) is 19.1 Å². The lowest BCUT2D eigenvalue weighted by molar-refractivity contribution is -0.122. The van der Waals surface area contributed by atoms with Crippen molar-refractivity contribution in [2.75, 3.05) is 6.54 Å². The van der Waals surface area contributed by atoms with Crippen LogP contribution in [0.15, 0.2) is 53.1 Å². The molecule has 0 spiro atoms. The van der Waals surface area contributed by atoms with Gasteiger partial charge in [-0.1, -0.05) is 30.3 Å². The van der Waals surface area contributed by atoms with E-state index in [0.29, 0.717) is 18.6 Å². The van der Waals surface area contributed by atoms with E-state index < -0.39 is 5.60 Å². The van der Waals surface area contributed by atoms with Crippen molar-refractivity contribution in [3.05, 3.63) is 60.1 Å². The van der Waals surface area contributed by atoms with E-state index in [9.17, 15) is 9.90 Å². The zero-order chi connectivity index (χ0) is 14.4. The predicted octanol–water partition coefficient (Wildman–Crippen LogP) is 2.24. The van der Waals surface area contributed by atoms with Crippen molar-refractivity contribution in [1.29, 1.82) is 0 Å². The Balaban J connectivity index is 1.78. The molecule has 0 unspecified atom stereocenters. The van der Waals surface area contributed by atoms with Crippen molar-refractivity contribution < 1.29 is 14.3 Å². The highest BCUT2D eigenvalue weighted by molar-refractivity contribution is 5.76. The number of rotatable bonds is 6. The SMILES string of the molecule is C[C@](O)(CNC(=O)CCc1ccccc1)c1ccco1. The molecule has 0 aliphatic rings. The lowest BCUT2D eigenvalue weighted by atomic mass is 10.0. The van der Waals surface area contributed by atoms with Crippen molar-refractivity contribution >= 4 is 5.91 Å². The molecule has 1 aromatic carbocycles. The van der Waals surface area contributed by atoms with E-state index >= 15 is 0 Å². The van der Waals surface area contributed by atoms with Crippen LogP contribution in [-0.4, -0.2) is 17.6 Å². The number of furan rings is 1. The molecular weight excluding hydrogens is 254 g/mol. The van der Waals surface area contributed by atoms with Crippen LogP contribution in [0.2, 0.25) is 0 Å². The number of hydrogen-bond donors (Lipinski definition) is 2. The van der Waals surface area contributed by atoms with Crippen molar-refractivity contribution in [1.82, 2.24) is 5.32 Å². The van der Waals surface area contributed by atoms with Gasteiger partial charge in [0.25, 0.3) is 0 Å². The number of carbonyl (C=O) groups is 1. The fourth-order valence-corrected chi connectivity index (χ4v) is 1.93. The van der Waals surface area contributed by atoms with E-state index in [2.05, 4.69) is 5.32 Å². The molecule has 20 heavy (non-hydrogen) atoms. The van der Waals surface area contributed by atoms with E-state index in [1.807, 2.05) is 30.3 Å². The number of aliphatic hydroxyl groups is 1. The van der Waals surface area contributed by atoms with Gasteiger partial charge >= 0.3 is 0 Å². The van der Waals surface area contributed by atoms with Crippen LogP contribution in [0.3, 0.4) is 0 Å². The van der Waals surface area contributed by atoms with Gasteiger partial charge in [0.1, 0.15) is 11.4 Å². The summed E-state index contributed by atoms with van der Waals surface area (Å²) in [5.74, 6) is 0.363. The minimum Gasteiger partial charge on any atom is -0.466 e. The van der Waals surface area contributed by atoms with Crippen LogP contribution in [0.4, 0.5) is 0 Å². The molecule has 2 rings (SSSR count). The average Bonchev–Trinajstić information content (AvgIpc) is 2.99. The summed E-state index contributed by atoms with van der Waals surface area (Å²) in [5, 5.41) is 12.9. The first-order valence-electron chi connectivity index (χ1n) is 6.65. The Morgan fingerprint density at radius 3 is 2.65 bits per heavy atom. The molecule has 0 saturated heterocycles. The topological polar surface area (TPSA) is 62.5 Å². The molecule has 0 aliphatic carbocycles. The first-order chi connectivity index (χ1) is 9.58. The van der Waals surface area contributed by atoms with Gasteiger partial charge in [-0.2, -0.15) is 0 Å². The number of carbonyl (C=O) groups excluding carboxylic acids is 1. The third-order valence-corrected chi connectivity index (χ3v) is 3.17. The van der Waals surface area contributed by atoms with Crippen LogP contribution in [0.5, 0.6) is 0 Å². The molecule has 0 saturated carbocycles. The first-order valence-corrected chi connectivity index (χ1v) is 6.65. The summed E-state index contributed by atoms with van der Waals surface area (Å²) in [5.41, 5.74) is -0.0632. The van der Waals surface area contributed by atoms with Gasteiger partial charge in [-0.25, -0.2) is 0 Å². The van der Waals surface area contributed by atoms with Crippen LogP contribution >= 0.6 is 0 Å². The van der Waals surface area contributed by atoms with Crippen LogP contribution in [-0.2, 0) is 16.8 Å². The molecule has 4 heteroatoms. The van der Waals surface area contributed by atoms with E-state index in [1.165, 1.54) is 6.26 Å². The highest BCUT2D eigenvalue weighted by Gasteiger charge is 2.26. The van der Waals surface area contributed by atoms with Gasteiger partial charge in [-0.15, -0.1) is 0 Å². The molecule has 0 fully saturated rings. The number of nitrogens with one attached hydrogen (secondary N) is 1. The minimum atomic E-state index is -1.19. The summed E-state index contributed by atoms with van der Waals surface area (Å²) < 4.78 is 5.16. The lowest BCUT2D eigenvalue weighted by Crippen LogP contribution is -2.38. The van der Waals surface area contributed by atoms with Gasteiger partial charge in [0.2, 0.25) is 5.91 Å². The highest BCUT2D eigenvalue weighted by Crippen LogP contribution is 2.19. The molecule has 0 bridgehead atoms. The maximum Gasteiger partial charge on any atom is 0.220 e. The van der Waals surface area contributed by atoms with Crippen LogP contribution in [0.25, 0.3) is 0 Å². The minimum absolute atomic E-state index is 0.0827. The molecule has 106 valence electrons. The Hall–Kier alpha value is -2.07. The molecule has 1 amide bonds. The average molecular weight is 273 g/mol. The normalized spacial score (nSPS) is 13.7. The van der Waals surface area contributed by atoms with Crippen LogP contribution < -0.4 is 5.32 Å². The van der Waals surface area contributed by atoms with Crippen molar-refractivity contribution in [2.24, 2.45) is 0 Å². The first kappa shape index (κ1) is 14.3. The largest absolute Gasteiger partial charge is 0.466 e. The Morgan fingerprint density at radius 1 is 1.25 bits per heavy atom. The number of hydrogen-bond acceptors (Lipinski definition) is 3. The quantitative estimate of drug-likeness (QED) is 0.848. The standard InChI is InChI=1S/C16H19NO3/c1-16(19,14-8-5-11-20-14)12-17-15(18)10-9-13-6-3-2-4-7-13/h2-8,11,19H,9-10,12H2,1H3,(H,17,18)/t16-/m0/s1.